The summed E-state index contributed by atoms with van der Waals surface area (Å²) < 4.78 is 25.2. The quantitative estimate of drug-likeness (QED) is 0.473. The standard InChI is InChI=1S/C25H34ClN7O3S2/c1-15-20(30-38(35)24(2,3)4)25(14-36-15)8-12-32(13-9-25)23-29-21(27)19(22(34)31(23)5)37-17-7-11-33-16(18(17)26)6-10-28-33/h6-7,10-11,15,20,30H,8-9,12-14,27H2,1-5H3/t15-,20+,38?/m0/s1. The third-order valence-electron chi connectivity index (χ3n) is 7.54. The van der Waals surface area contributed by atoms with Crippen LogP contribution in [0.3, 0.4) is 0 Å². The van der Waals surface area contributed by atoms with Gasteiger partial charge in [0.05, 0.1) is 51.2 Å². The van der Waals surface area contributed by atoms with E-state index in [2.05, 4.69) is 19.7 Å². The number of nitrogen functional groups attached to an aromatic ring is 1. The number of hydrogen-bond acceptors (Lipinski definition) is 8. The molecule has 0 amide bonds. The van der Waals surface area contributed by atoms with Crippen molar-refractivity contribution in [1.29, 1.82) is 0 Å². The molecule has 3 aromatic heterocycles. The van der Waals surface area contributed by atoms with Gasteiger partial charge in [0.1, 0.15) is 10.7 Å². The maximum Gasteiger partial charge on any atom is 0.270 e. The van der Waals surface area contributed by atoms with E-state index in [0.717, 1.165) is 18.4 Å². The van der Waals surface area contributed by atoms with Gasteiger partial charge in [-0.15, -0.1) is 0 Å². The Hall–Kier alpha value is -2.12. The second kappa shape index (κ2) is 10.1. The number of halogens is 1. The molecule has 206 valence electrons. The molecule has 0 aliphatic carbocycles. The summed E-state index contributed by atoms with van der Waals surface area (Å²) in [5, 5.41) is 4.69. The molecule has 2 fully saturated rings. The molecule has 1 spiro atoms. The fourth-order valence-electron chi connectivity index (χ4n) is 5.20. The molecule has 5 rings (SSSR count). The van der Waals surface area contributed by atoms with Crippen LogP contribution in [-0.4, -0.2) is 60.0 Å². The molecule has 0 aromatic carbocycles. The van der Waals surface area contributed by atoms with Gasteiger partial charge in [0.25, 0.3) is 5.56 Å². The number of pyridine rings is 1. The summed E-state index contributed by atoms with van der Waals surface area (Å²) in [6.45, 7) is 9.93. The van der Waals surface area contributed by atoms with Crippen LogP contribution >= 0.6 is 23.4 Å². The highest BCUT2D eigenvalue weighted by atomic mass is 35.5. The van der Waals surface area contributed by atoms with Crippen molar-refractivity contribution in [2.24, 2.45) is 12.5 Å². The number of anilines is 2. The highest BCUT2D eigenvalue weighted by molar-refractivity contribution is 7.99. The largest absolute Gasteiger partial charge is 0.382 e. The third-order valence-corrected chi connectivity index (χ3v) is 10.8. The summed E-state index contributed by atoms with van der Waals surface area (Å²) in [5.74, 6) is 0.717. The Kier molecular flexibility index (Phi) is 7.31. The second-order valence-corrected chi connectivity index (χ2v) is 14.5. The lowest BCUT2D eigenvalue weighted by Gasteiger charge is -2.43. The summed E-state index contributed by atoms with van der Waals surface area (Å²) in [7, 11) is 0.529. The molecule has 1 unspecified atom stereocenters. The molecule has 3 N–H and O–H groups in total. The van der Waals surface area contributed by atoms with E-state index in [4.69, 9.17) is 22.1 Å². The molecule has 10 nitrogen and oxygen atoms in total. The number of piperidine rings is 1. The topological polar surface area (TPSA) is 120 Å². The monoisotopic (exact) mass is 579 g/mol. The highest BCUT2D eigenvalue weighted by Crippen LogP contribution is 2.43. The van der Waals surface area contributed by atoms with Crippen molar-refractivity contribution < 1.29 is 8.95 Å². The first-order chi connectivity index (χ1) is 17.9. The maximum absolute atomic E-state index is 13.4. The van der Waals surface area contributed by atoms with Gasteiger partial charge in [0.15, 0.2) is 0 Å². The van der Waals surface area contributed by atoms with Gasteiger partial charge in [-0.05, 0) is 52.7 Å². The van der Waals surface area contributed by atoms with Gasteiger partial charge in [-0.1, -0.05) is 23.4 Å². The minimum absolute atomic E-state index is 0.0109. The van der Waals surface area contributed by atoms with Crippen molar-refractivity contribution >= 4 is 51.6 Å². The fraction of sp³-hybridized carbons (Fsp3) is 0.560. The van der Waals surface area contributed by atoms with E-state index >= 15 is 0 Å². The van der Waals surface area contributed by atoms with Crippen molar-refractivity contribution in [2.45, 2.75) is 67.2 Å². The Morgan fingerprint density at radius 3 is 2.68 bits per heavy atom. The summed E-state index contributed by atoms with van der Waals surface area (Å²) in [5.41, 5.74) is 6.75. The lowest BCUT2D eigenvalue weighted by atomic mass is 9.73. The van der Waals surface area contributed by atoms with Crippen molar-refractivity contribution in [3.63, 3.8) is 0 Å². The average molecular weight is 580 g/mol. The zero-order chi connectivity index (χ0) is 27.4. The van der Waals surface area contributed by atoms with Gasteiger partial charge >= 0.3 is 0 Å². The number of ether oxygens (including phenoxy) is 1. The van der Waals surface area contributed by atoms with Crippen LogP contribution < -0.4 is 20.9 Å². The average Bonchev–Trinajstić information content (AvgIpc) is 3.47. The number of hydrogen-bond donors (Lipinski definition) is 2. The number of rotatable bonds is 5. The summed E-state index contributed by atoms with van der Waals surface area (Å²) >= 11 is 7.79. The minimum Gasteiger partial charge on any atom is -0.382 e. The van der Waals surface area contributed by atoms with Crippen LogP contribution in [0.5, 0.6) is 0 Å². The first-order valence-corrected chi connectivity index (χ1v) is 15.0. The summed E-state index contributed by atoms with van der Waals surface area (Å²) in [6, 6.07) is 3.62. The fourth-order valence-corrected chi connectivity index (χ4v) is 7.47. The van der Waals surface area contributed by atoms with E-state index in [-0.39, 0.29) is 33.7 Å². The lowest BCUT2D eigenvalue weighted by Crippen LogP contribution is -2.55. The van der Waals surface area contributed by atoms with E-state index in [1.807, 2.05) is 39.8 Å². The predicted molar refractivity (Wildman–Crippen MR) is 152 cm³/mol. The van der Waals surface area contributed by atoms with Gasteiger partial charge < -0.3 is 15.4 Å². The van der Waals surface area contributed by atoms with E-state index in [1.54, 1.807) is 28.5 Å². The molecule has 2 aliphatic rings. The van der Waals surface area contributed by atoms with Crippen molar-refractivity contribution in [1.82, 2.24) is 23.9 Å². The Bertz CT molecular complexity index is 1440. The molecule has 0 bridgehead atoms. The van der Waals surface area contributed by atoms with Gasteiger partial charge in [-0.2, -0.15) is 10.1 Å². The lowest BCUT2D eigenvalue weighted by molar-refractivity contribution is 0.0972. The first kappa shape index (κ1) is 27.4. The zero-order valence-electron chi connectivity index (χ0n) is 22.2. The molecule has 0 saturated carbocycles. The number of nitrogens with zero attached hydrogens (tertiary/aromatic N) is 5. The van der Waals surface area contributed by atoms with Gasteiger partial charge in [-0.3, -0.25) is 9.36 Å². The van der Waals surface area contributed by atoms with Gasteiger partial charge in [0, 0.05) is 36.6 Å². The Balaban J connectivity index is 1.35. The van der Waals surface area contributed by atoms with Gasteiger partial charge in [0.2, 0.25) is 5.95 Å². The third kappa shape index (κ3) is 4.85. The Labute approximate surface area is 233 Å². The highest BCUT2D eigenvalue weighted by Gasteiger charge is 2.50. The second-order valence-electron chi connectivity index (χ2n) is 11.1. The molecule has 2 aliphatic heterocycles. The number of aromatic nitrogens is 4. The minimum atomic E-state index is -1.19. The summed E-state index contributed by atoms with van der Waals surface area (Å²) in [4.78, 5) is 21.2. The SMILES string of the molecule is C[C@@H]1OCC2(CCN(c3nc(N)c(Sc4ccn5nccc5c4Cl)c(=O)n3C)CC2)[C@@H]1NS(=O)C(C)(C)C. The van der Waals surface area contributed by atoms with Crippen molar-refractivity contribution in [3.05, 3.63) is 39.9 Å². The van der Waals surface area contributed by atoms with Crippen LogP contribution in [0.1, 0.15) is 40.5 Å². The zero-order valence-corrected chi connectivity index (χ0v) is 24.6. The smallest absolute Gasteiger partial charge is 0.270 e. The molecule has 0 radical (unpaired) electrons. The molecular weight excluding hydrogens is 546 g/mol. The maximum atomic E-state index is 13.4. The van der Waals surface area contributed by atoms with Crippen LogP contribution in [0.25, 0.3) is 5.52 Å². The van der Waals surface area contributed by atoms with Crippen LogP contribution in [0.4, 0.5) is 11.8 Å². The predicted octanol–water partition coefficient (Wildman–Crippen LogP) is 3.24. The molecule has 3 aromatic rings. The van der Waals surface area contributed by atoms with Gasteiger partial charge in [-0.25, -0.2) is 13.4 Å². The Morgan fingerprint density at radius 1 is 1.29 bits per heavy atom. The van der Waals surface area contributed by atoms with Crippen LogP contribution in [0.2, 0.25) is 5.02 Å². The normalized spacial score (nSPS) is 22.4. The van der Waals surface area contributed by atoms with E-state index < -0.39 is 11.0 Å². The van der Waals surface area contributed by atoms with Crippen LogP contribution in [-0.2, 0) is 22.8 Å². The molecule has 38 heavy (non-hydrogen) atoms. The molecule has 3 atom stereocenters. The number of fused-ring (bicyclic) bond motifs is 1. The van der Waals surface area contributed by atoms with E-state index in [1.165, 1.54) is 11.8 Å². The van der Waals surface area contributed by atoms with E-state index in [0.29, 0.717) is 40.5 Å². The Morgan fingerprint density at radius 2 is 2.00 bits per heavy atom. The van der Waals surface area contributed by atoms with E-state index in [9.17, 15) is 9.00 Å². The molecule has 13 heteroatoms. The van der Waals surface area contributed by atoms with Crippen molar-refractivity contribution in [3.8, 4) is 0 Å². The first-order valence-electron chi connectivity index (χ1n) is 12.6. The summed E-state index contributed by atoms with van der Waals surface area (Å²) in [6.07, 6.45) is 5.08. The number of nitrogens with two attached hydrogens (primary N) is 1. The number of nitrogens with one attached hydrogen (secondary N) is 1. The molecular formula is C25H34ClN7O3S2. The molecule has 2 saturated heterocycles. The van der Waals surface area contributed by atoms with Crippen LogP contribution in [0.15, 0.2) is 39.1 Å². The molecule has 5 heterocycles. The van der Waals surface area contributed by atoms with Crippen molar-refractivity contribution in [2.75, 3.05) is 30.3 Å². The van der Waals surface area contributed by atoms with Crippen LogP contribution in [0, 0.1) is 5.41 Å².